The number of hydrogen-bond donors (Lipinski definition) is 2. The molecule has 0 aliphatic rings. The van der Waals surface area contributed by atoms with Gasteiger partial charge in [-0.1, -0.05) is 17.7 Å². The predicted octanol–water partition coefficient (Wildman–Crippen LogP) is 3.21. The van der Waals surface area contributed by atoms with Crippen molar-refractivity contribution in [3.05, 3.63) is 52.5 Å². The summed E-state index contributed by atoms with van der Waals surface area (Å²) in [6.07, 6.45) is 0. The molecule has 0 aliphatic heterocycles. The molecule has 0 radical (unpaired) electrons. The molecule has 0 heterocycles. The number of anilines is 2. The summed E-state index contributed by atoms with van der Waals surface area (Å²) in [6.45, 7) is 1.84. The molecule has 0 spiro atoms. The van der Waals surface area contributed by atoms with E-state index in [0.717, 1.165) is 5.56 Å². The number of nitrogens with zero attached hydrogens (tertiary/aromatic N) is 1. The first-order chi connectivity index (χ1) is 9.40. The number of aromatic hydroxyl groups is 1. The minimum atomic E-state index is -0.350. The molecule has 2 aromatic carbocycles. The molecule has 3 N–H and O–H groups in total. The molecule has 2 aromatic rings. The summed E-state index contributed by atoms with van der Waals surface area (Å²) in [7, 11) is 1.59. The van der Waals surface area contributed by atoms with Crippen LogP contribution in [-0.2, 0) is 0 Å². The van der Waals surface area contributed by atoms with Crippen molar-refractivity contribution in [2.75, 3.05) is 17.7 Å². The third-order valence-corrected chi connectivity index (χ3v) is 3.28. The predicted molar refractivity (Wildman–Crippen MR) is 81.4 cm³/mol. The van der Waals surface area contributed by atoms with E-state index in [0.29, 0.717) is 16.4 Å². The van der Waals surface area contributed by atoms with Gasteiger partial charge < -0.3 is 15.7 Å². The lowest BCUT2D eigenvalue weighted by Crippen LogP contribution is -2.27. The Morgan fingerprint density at radius 2 is 1.95 bits per heavy atom. The first kappa shape index (κ1) is 14.2. The second-order valence-electron chi connectivity index (χ2n) is 4.59. The Morgan fingerprint density at radius 1 is 1.25 bits per heavy atom. The standard InChI is InChI=1S/C15H15ClN2O2/c1-9-3-5-11(14(19)7-9)15(20)18(2)13-8-10(16)4-6-12(13)17/h3-8,19H,17H2,1-2H3. The van der Waals surface area contributed by atoms with Crippen molar-refractivity contribution < 1.29 is 9.90 Å². The number of rotatable bonds is 2. The van der Waals surface area contributed by atoms with Crippen LogP contribution in [0.15, 0.2) is 36.4 Å². The molecule has 0 saturated heterocycles. The lowest BCUT2D eigenvalue weighted by molar-refractivity contribution is 0.0990. The highest BCUT2D eigenvalue weighted by atomic mass is 35.5. The second kappa shape index (κ2) is 5.43. The fraction of sp³-hybridized carbons (Fsp3) is 0.133. The molecule has 20 heavy (non-hydrogen) atoms. The summed E-state index contributed by atoms with van der Waals surface area (Å²) in [5.41, 5.74) is 7.90. The highest BCUT2D eigenvalue weighted by Crippen LogP contribution is 2.29. The number of nitrogen functional groups attached to an aromatic ring is 1. The van der Waals surface area contributed by atoms with E-state index >= 15 is 0 Å². The van der Waals surface area contributed by atoms with Crippen LogP contribution in [0.1, 0.15) is 15.9 Å². The average Bonchev–Trinajstić information content (AvgIpc) is 2.40. The van der Waals surface area contributed by atoms with Crippen molar-refractivity contribution in [1.82, 2.24) is 0 Å². The van der Waals surface area contributed by atoms with E-state index in [4.69, 9.17) is 17.3 Å². The number of benzene rings is 2. The summed E-state index contributed by atoms with van der Waals surface area (Å²) < 4.78 is 0. The normalized spacial score (nSPS) is 10.3. The van der Waals surface area contributed by atoms with Crippen LogP contribution >= 0.6 is 11.6 Å². The van der Waals surface area contributed by atoms with Gasteiger partial charge in [0.1, 0.15) is 5.75 Å². The van der Waals surface area contributed by atoms with Crippen molar-refractivity contribution in [3.63, 3.8) is 0 Å². The fourth-order valence-electron chi connectivity index (χ4n) is 1.92. The highest BCUT2D eigenvalue weighted by Gasteiger charge is 2.19. The van der Waals surface area contributed by atoms with E-state index < -0.39 is 0 Å². The summed E-state index contributed by atoms with van der Waals surface area (Å²) in [5.74, 6) is -0.404. The van der Waals surface area contributed by atoms with Crippen molar-refractivity contribution in [2.24, 2.45) is 0 Å². The highest BCUT2D eigenvalue weighted by molar-refractivity contribution is 6.31. The van der Waals surface area contributed by atoms with Crippen LogP contribution in [0.4, 0.5) is 11.4 Å². The van der Waals surface area contributed by atoms with Gasteiger partial charge in [0.25, 0.3) is 5.91 Å². The summed E-state index contributed by atoms with van der Waals surface area (Å²) in [5, 5.41) is 10.4. The Balaban J connectivity index is 2.40. The fourth-order valence-corrected chi connectivity index (χ4v) is 2.09. The lowest BCUT2D eigenvalue weighted by atomic mass is 10.1. The Kier molecular flexibility index (Phi) is 3.86. The maximum absolute atomic E-state index is 12.4. The molecule has 0 fully saturated rings. The van der Waals surface area contributed by atoms with Crippen LogP contribution in [-0.4, -0.2) is 18.1 Å². The molecule has 0 bridgehead atoms. The van der Waals surface area contributed by atoms with E-state index in [1.165, 1.54) is 4.90 Å². The molecule has 0 saturated carbocycles. The van der Waals surface area contributed by atoms with Gasteiger partial charge in [0.05, 0.1) is 16.9 Å². The SMILES string of the molecule is Cc1ccc(C(=O)N(C)c2cc(Cl)ccc2N)c(O)c1. The number of nitrogens with two attached hydrogens (primary N) is 1. The number of amides is 1. The molecule has 1 amide bonds. The molecule has 5 heteroatoms. The van der Waals surface area contributed by atoms with Gasteiger partial charge >= 0.3 is 0 Å². The number of phenolic OH excluding ortho intramolecular Hbond substituents is 1. The zero-order valence-corrected chi connectivity index (χ0v) is 12.0. The van der Waals surface area contributed by atoms with Crippen LogP contribution < -0.4 is 10.6 Å². The maximum Gasteiger partial charge on any atom is 0.261 e. The van der Waals surface area contributed by atoms with Gasteiger partial charge in [-0.05, 0) is 42.8 Å². The number of carbonyl (C=O) groups excluding carboxylic acids is 1. The topological polar surface area (TPSA) is 66.6 Å². The van der Waals surface area contributed by atoms with Gasteiger partial charge in [-0.15, -0.1) is 0 Å². The Hall–Kier alpha value is -2.20. The van der Waals surface area contributed by atoms with Crippen LogP contribution in [0.25, 0.3) is 0 Å². The van der Waals surface area contributed by atoms with Gasteiger partial charge in [0.2, 0.25) is 0 Å². The maximum atomic E-state index is 12.4. The summed E-state index contributed by atoms with van der Waals surface area (Å²) in [4.78, 5) is 13.8. The zero-order chi connectivity index (χ0) is 14.9. The average molecular weight is 291 g/mol. The first-order valence-corrected chi connectivity index (χ1v) is 6.40. The van der Waals surface area contributed by atoms with E-state index in [1.807, 2.05) is 6.92 Å². The molecule has 4 nitrogen and oxygen atoms in total. The van der Waals surface area contributed by atoms with Gasteiger partial charge in [-0.25, -0.2) is 0 Å². The zero-order valence-electron chi connectivity index (χ0n) is 11.2. The van der Waals surface area contributed by atoms with Gasteiger partial charge in [-0.3, -0.25) is 4.79 Å². The Labute approximate surface area is 122 Å². The van der Waals surface area contributed by atoms with Crippen LogP contribution in [0, 0.1) is 6.92 Å². The number of phenols is 1. The largest absolute Gasteiger partial charge is 0.507 e. The minimum absolute atomic E-state index is 0.0533. The van der Waals surface area contributed by atoms with Crippen LogP contribution in [0.3, 0.4) is 0 Å². The molecule has 2 rings (SSSR count). The molecule has 104 valence electrons. The van der Waals surface area contributed by atoms with Crippen molar-refractivity contribution in [2.45, 2.75) is 6.92 Å². The quantitative estimate of drug-likeness (QED) is 0.835. The first-order valence-electron chi connectivity index (χ1n) is 6.03. The van der Waals surface area contributed by atoms with Crippen LogP contribution in [0.2, 0.25) is 5.02 Å². The van der Waals surface area contributed by atoms with E-state index in [9.17, 15) is 9.90 Å². The Bertz CT molecular complexity index is 671. The van der Waals surface area contributed by atoms with Gasteiger partial charge in [-0.2, -0.15) is 0 Å². The van der Waals surface area contributed by atoms with E-state index in [2.05, 4.69) is 0 Å². The molecular formula is C15H15ClN2O2. The van der Waals surface area contributed by atoms with Crippen molar-refractivity contribution >= 4 is 28.9 Å². The molecule has 0 aliphatic carbocycles. The van der Waals surface area contributed by atoms with Crippen molar-refractivity contribution in [1.29, 1.82) is 0 Å². The number of hydrogen-bond acceptors (Lipinski definition) is 3. The number of carbonyl (C=O) groups is 1. The lowest BCUT2D eigenvalue weighted by Gasteiger charge is -2.20. The third-order valence-electron chi connectivity index (χ3n) is 3.04. The Morgan fingerprint density at radius 3 is 2.60 bits per heavy atom. The molecule has 0 atom stereocenters. The van der Waals surface area contributed by atoms with Gasteiger partial charge in [0.15, 0.2) is 0 Å². The summed E-state index contributed by atoms with van der Waals surface area (Å²) >= 11 is 5.92. The smallest absolute Gasteiger partial charge is 0.261 e. The van der Waals surface area contributed by atoms with Crippen molar-refractivity contribution in [3.8, 4) is 5.75 Å². The summed E-state index contributed by atoms with van der Waals surface area (Å²) in [6, 6.07) is 9.80. The monoisotopic (exact) mass is 290 g/mol. The minimum Gasteiger partial charge on any atom is -0.507 e. The second-order valence-corrected chi connectivity index (χ2v) is 5.02. The van der Waals surface area contributed by atoms with E-state index in [-0.39, 0.29) is 17.2 Å². The molecule has 0 aromatic heterocycles. The van der Waals surface area contributed by atoms with Gasteiger partial charge in [0, 0.05) is 12.1 Å². The van der Waals surface area contributed by atoms with E-state index in [1.54, 1.807) is 43.4 Å². The molecular weight excluding hydrogens is 276 g/mol. The third kappa shape index (κ3) is 2.70. The molecule has 0 unspecified atom stereocenters. The number of aryl methyl sites for hydroxylation is 1. The van der Waals surface area contributed by atoms with Crippen LogP contribution in [0.5, 0.6) is 5.75 Å². The number of halogens is 1.